The molecule has 74 valence electrons. The van der Waals surface area contributed by atoms with E-state index < -0.39 is 27.9 Å². The third-order valence-electron chi connectivity index (χ3n) is 3.38. The SMILES string of the molecule is CC1C2OS(=O)(=O)CC3OC31C2O. The molecular weight excluding hydrogens is 196 g/mol. The summed E-state index contributed by atoms with van der Waals surface area (Å²) in [6.07, 6.45) is -1.73. The topological polar surface area (TPSA) is 76.1 Å². The second-order valence-electron chi connectivity index (χ2n) is 3.98. The highest BCUT2D eigenvalue weighted by atomic mass is 32.2. The molecule has 0 aromatic heterocycles. The van der Waals surface area contributed by atoms with Gasteiger partial charge in [0.25, 0.3) is 10.1 Å². The molecule has 1 spiro atoms. The van der Waals surface area contributed by atoms with Crippen LogP contribution in [-0.2, 0) is 19.0 Å². The van der Waals surface area contributed by atoms with Crippen LogP contribution in [-0.4, -0.2) is 43.2 Å². The molecule has 0 aromatic rings. The van der Waals surface area contributed by atoms with Gasteiger partial charge in [-0.1, -0.05) is 6.92 Å². The number of aliphatic hydroxyl groups is 1. The molecule has 2 bridgehead atoms. The molecule has 0 aromatic carbocycles. The molecule has 0 radical (unpaired) electrons. The number of rotatable bonds is 0. The van der Waals surface area contributed by atoms with Crippen LogP contribution in [0.25, 0.3) is 0 Å². The molecule has 3 heterocycles. The lowest BCUT2D eigenvalue weighted by molar-refractivity contribution is -0.144. The van der Waals surface area contributed by atoms with Crippen LogP contribution in [0.5, 0.6) is 0 Å². The molecule has 5 unspecified atom stereocenters. The molecule has 1 N–H and O–H groups in total. The molecule has 3 aliphatic heterocycles. The van der Waals surface area contributed by atoms with Crippen molar-refractivity contribution in [3.8, 4) is 0 Å². The Morgan fingerprint density at radius 1 is 1.54 bits per heavy atom. The zero-order valence-electron chi connectivity index (χ0n) is 7.00. The van der Waals surface area contributed by atoms with E-state index in [1.54, 1.807) is 0 Å². The Morgan fingerprint density at radius 3 is 2.85 bits per heavy atom. The van der Waals surface area contributed by atoms with Crippen molar-refractivity contribution in [2.45, 2.75) is 30.8 Å². The standard InChI is InChI=1S/C7H10O5S/c1-3-5-6(8)7(3)4(11-7)2-13(9,10)12-5/h3-6,8H,2H2,1H3. The third kappa shape index (κ3) is 0.758. The first kappa shape index (κ1) is 8.16. The minimum Gasteiger partial charge on any atom is -0.387 e. The van der Waals surface area contributed by atoms with Gasteiger partial charge in [0.15, 0.2) is 0 Å². The minimum absolute atomic E-state index is 0.0234. The van der Waals surface area contributed by atoms with Gasteiger partial charge < -0.3 is 9.84 Å². The fourth-order valence-corrected chi connectivity index (χ4v) is 3.89. The Bertz CT molecular complexity index is 351. The summed E-state index contributed by atoms with van der Waals surface area (Å²) in [5.41, 5.74) is -0.603. The van der Waals surface area contributed by atoms with E-state index in [0.29, 0.717) is 0 Å². The van der Waals surface area contributed by atoms with Crippen molar-refractivity contribution in [2.75, 3.05) is 5.75 Å². The van der Waals surface area contributed by atoms with Crippen LogP contribution in [0, 0.1) is 5.92 Å². The number of hydrogen-bond acceptors (Lipinski definition) is 5. The van der Waals surface area contributed by atoms with Crippen molar-refractivity contribution in [3.05, 3.63) is 0 Å². The van der Waals surface area contributed by atoms with Gasteiger partial charge in [-0.15, -0.1) is 0 Å². The van der Waals surface area contributed by atoms with Crippen LogP contribution in [0.3, 0.4) is 0 Å². The van der Waals surface area contributed by atoms with Gasteiger partial charge in [-0.05, 0) is 0 Å². The molecular formula is C7H10O5S. The Labute approximate surface area is 75.8 Å². The van der Waals surface area contributed by atoms with Crippen LogP contribution < -0.4 is 0 Å². The van der Waals surface area contributed by atoms with Gasteiger partial charge in [0, 0.05) is 5.92 Å². The number of aliphatic hydroxyl groups excluding tert-OH is 1. The van der Waals surface area contributed by atoms with Gasteiger partial charge >= 0.3 is 0 Å². The zero-order chi connectivity index (χ0) is 9.43. The van der Waals surface area contributed by atoms with Crippen LogP contribution >= 0.6 is 0 Å². The Balaban J connectivity index is 2.04. The van der Waals surface area contributed by atoms with Crippen molar-refractivity contribution in [1.29, 1.82) is 0 Å². The van der Waals surface area contributed by atoms with Crippen LogP contribution in [0.15, 0.2) is 0 Å². The van der Waals surface area contributed by atoms with Crippen molar-refractivity contribution in [3.63, 3.8) is 0 Å². The molecule has 3 saturated heterocycles. The van der Waals surface area contributed by atoms with Crippen molar-refractivity contribution in [2.24, 2.45) is 5.92 Å². The van der Waals surface area contributed by atoms with Gasteiger partial charge in [-0.3, -0.25) is 4.18 Å². The summed E-state index contributed by atoms with van der Waals surface area (Å²) in [4.78, 5) is 0. The predicted octanol–water partition coefficient (Wildman–Crippen LogP) is -1.14. The molecule has 5 nitrogen and oxygen atoms in total. The fraction of sp³-hybridized carbons (Fsp3) is 1.00. The van der Waals surface area contributed by atoms with Gasteiger partial charge in [-0.25, -0.2) is 0 Å². The number of hydrogen-bond donors (Lipinski definition) is 1. The maximum atomic E-state index is 11.2. The maximum Gasteiger partial charge on any atom is 0.270 e. The van der Waals surface area contributed by atoms with E-state index in [2.05, 4.69) is 0 Å². The highest BCUT2D eigenvalue weighted by molar-refractivity contribution is 7.86. The lowest BCUT2D eigenvalue weighted by atomic mass is 9.67. The fourth-order valence-electron chi connectivity index (χ4n) is 2.50. The average molecular weight is 206 g/mol. The minimum atomic E-state index is -3.49. The first-order valence-electron chi connectivity index (χ1n) is 4.24. The highest BCUT2D eigenvalue weighted by Crippen LogP contribution is 2.60. The van der Waals surface area contributed by atoms with Crippen LogP contribution in [0.2, 0.25) is 0 Å². The van der Waals surface area contributed by atoms with Gasteiger partial charge in [0.1, 0.15) is 29.7 Å². The molecule has 13 heavy (non-hydrogen) atoms. The Morgan fingerprint density at radius 2 is 2.23 bits per heavy atom. The highest BCUT2D eigenvalue weighted by Gasteiger charge is 2.79. The van der Waals surface area contributed by atoms with Gasteiger partial charge in [-0.2, -0.15) is 8.42 Å². The molecule has 4 aliphatic rings. The normalized spacial score (nSPS) is 61.7. The van der Waals surface area contributed by atoms with Crippen LogP contribution in [0.1, 0.15) is 6.92 Å². The zero-order valence-corrected chi connectivity index (χ0v) is 7.82. The first-order valence-corrected chi connectivity index (χ1v) is 5.82. The average Bonchev–Trinajstić information content (AvgIpc) is 2.75. The van der Waals surface area contributed by atoms with Crippen molar-refractivity contribution >= 4 is 10.1 Å². The largest absolute Gasteiger partial charge is 0.387 e. The number of fused-ring (bicyclic) bond motifs is 2. The van der Waals surface area contributed by atoms with E-state index in [9.17, 15) is 13.5 Å². The summed E-state index contributed by atoms with van der Waals surface area (Å²) in [5.74, 6) is -0.143. The summed E-state index contributed by atoms with van der Waals surface area (Å²) in [7, 11) is -3.49. The lowest BCUT2D eigenvalue weighted by Crippen LogP contribution is -2.62. The summed E-state index contributed by atoms with van der Waals surface area (Å²) >= 11 is 0. The molecule has 0 amide bonds. The predicted molar refractivity (Wildman–Crippen MR) is 41.4 cm³/mol. The molecule has 1 saturated carbocycles. The second-order valence-corrected chi connectivity index (χ2v) is 5.62. The van der Waals surface area contributed by atoms with E-state index >= 15 is 0 Å². The second kappa shape index (κ2) is 1.93. The summed E-state index contributed by atoms with van der Waals surface area (Å²) in [6.45, 7) is 1.85. The van der Waals surface area contributed by atoms with Crippen molar-refractivity contribution < 1.29 is 22.4 Å². The van der Waals surface area contributed by atoms with Gasteiger partial charge in [0.05, 0.1) is 0 Å². The molecule has 6 heteroatoms. The Hall–Kier alpha value is -0.170. The van der Waals surface area contributed by atoms with E-state index in [-0.39, 0.29) is 17.8 Å². The van der Waals surface area contributed by atoms with E-state index in [1.807, 2.05) is 6.92 Å². The first-order chi connectivity index (χ1) is 5.97. The maximum absolute atomic E-state index is 11.2. The van der Waals surface area contributed by atoms with E-state index in [1.165, 1.54) is 0 Å². The molecule has 1 aliphatic carbocycles. The van der Waals surface area contributed by atoms with Crippen molar-refractivity contribution in [1.82, 2.24) is 0 Å². The summed E-state index contributed by atoms with van der Waals surface area (Å²) < 4.78 is 32.5. The molecule has 5 atom stereocenters. The van der Waals surface area contributed by atoms with Crippen LogP contribution in [0.4, 0.5) is 0 Å². The molecule has 4 fully saturated rings. The quantitative estimate of drug-likeness (QED) is 0.400. The smallest absolute Gasteiger partial charge is 0.270 e. The van der Waals surface area contributed by atoms with Gasteiger partial charge in [0.2, 0.25) is 0 Å². The lowest BCUT2D eigenvalue weighted by Gasteiger charge is -2.43. The summed E-state index contributed by atoms with van der Waals surface area (Å²) in [5, 5.41) is 9.60. The Kier molecular flexibility index (Phi) is 1.21. The number of epoxide rings is 1. The molecule has 4 rings (SSSR count). The monoisotopic (exact) mass is 206 g/mol. The number of ether oxygens (including phenoxy) is 1. The third-order valence-corrected chi connectivity index (χ3v) is 4.61. The van der Waals surface area contributed by atoms with E-state index in [0.717, 1.165) is 0 Å². The van der Waals surface area contributed by atoms with E-state index in [4.69, 9.17) is 8.92 Å². The summed E-state index contributed by atoms with van der Waals surface area (Å²) in [6, 6.07) is 0.